The van der Waals surface area contributed by atoms with Crippen molar-refractivity contribution in [1.29, 1.82) is 0 Å². The Hall–Kier alpha value is -2.60. The number of hydrogen-bond donors (Lipinski definition) is 1. The molecule has 5 nitrogen and oxygen atoms in total. The number of urea groups is 1. The van der Waals surface area contributed by atoms with Crippen LogP contribution in [-0.4, -0.2) is 61.1 Å². The highest BCUT2D eigenvalue weighted by atomic mass is 19.1. The van der Waals surface area contributed by atoms with Gasteiger partial charge in [0.2, 0.25) is 0 Å². The molecule has 0 aromatic heterocycles. The Morgan fingerprint density at radius 1 is 0.923 bits per heavy atom. The van der Waals surface area contributed by atoms with Crippen molar-refractivity contribution in [2.75, 3.05) is 49.5 Å². The van der Waals surface area contributed by atoms with E-state index in [0.29, 0.717) is 19.1 Å². The second-order valence-corrected chi connectivity index (χ2v) is 6.83. The molecule has 2 aliphatic heterocycles. The van der Waals surface area contributed by atoms with Gasteiger partial charge in [0.05, 0.1) is 5.69 Å². The van der Waals surface area contributed by atoms with Gasteiger partial charge in [-0.2, -0.15) is 0 Å². The molecule has 2 saturated heterocycles. The molecular weight excluding hydrogens is 331 g/mol. The van der Waals surface area contributed by atoms with Gasteiger partial charge in [0, 0.05) is 51.0 Å². The Balaban J connectivity index is 1.24. The van der Waals surface area contributed by atoms with Gasteiger partial charge in [-0.15, -0.1) is 0 Å². The monoisotopic (exact) mass is 354 g/mol. The van der Waals surface area contributed by atoms with Gasteiger partial charge in [-0.25, -0.2) is 9.18 Å². The molecule has 2 heterocycles. The van der Waals surface area contributed by atoms with Gasteiger partial charge in [0.15, 0.2) is 0 Å². The Labute approximate surface area is 153 Å². The average Bonchev–Trinajstić information content (AvgIpc) is 2.64. The number of para-hydroxylation sites is 2. The smallest absolute Gasteiger partial charge is 0.322 e. The van der Waals surface area contributed by atoms with Gasteiger partial charge < -0.3 is 15.1 Å². The van der Waals surface area contributed by atoms with Crippen molar-refractivity contribution < 1.29 is 9.18 Å². The zero-order valence-electron chi connectivity index (χ0n) is 14.6. The van der Waals surface area contributed by atoms with Crippen molar-refractivity contribution in [3.63, 3.8) is 0 Å². The molecule has 2 fully saturated rings. The Kier molecular flexibility index (Phi) is 4.75. The first-order valence-electron chi connectivity index (χ1n) is 9.05. The van der Waals surface area contributed by atoms with E-state index in [1.807, 2.05) is 6.07 Å². The molecule has 2 aromatic carbocycles. The minimum Gasteiger partial charge on any atom is -0.369 e. The van der Waals surface area contributed by atoms with Crippen molar-refractivity contribution >= 4 is 17.4 Å². The van der Waals surface area contributed by atoms with E-state index < -0.39 is 5.82 Å². The lowest BCUT2D eigenvalue weighted by Gasteiger charge is -2.48. The first-order chi connectivity index (χ1) is 12.7. The third kappa shape index (κ3) is 3.51. The molecule has 2 amide bonds. The SMILES string of the molecule is O=C(Nc1ccccc1F)N1CC(N2CCN(c3ccccc3)CC2)C1. The van der Waals surface area contributed by atoms with Crippen LogP contribution in [0.1, 0.15) is 0 Å². The predicted octanol–water partition coefficient (Wildman–Crippen LogP) is 2.86. The van der Waals surface area contributed by atoms with E-state index in [4.69, 9.17) is 0 Å². The summed E-state index contributed by atoms with van der Waals surface area (Å²) in [5.41, 5.74) is 1.50. The second-order valence-electron chi connectivity index (χ2n) is 6.83. The standard InChI is InChI=1S/C20H23FN4O/c21-18-8-4-5-9-19(18)22-20(26)25-14-17(15-25)24-12-10-23(11-13-24)16-6-2-1-3-7-16/h1-9,17H,10-15H2,(H,22,26). The number of nitrogens with one attached hydrogen (secondary N) is 1. The molecule has 0 saturated carbocycles. The van der Waals surface area contributed by atoms with Crippen LogP contribution in [0, 0.1) is 5.82 Å². The summed E-state index contributed by atoms with van der Waals surface area (Å²) in [6.07, 6.45) is 0. The van der Waals surface area contributed by atoms with E-state index in [2.05, 4.69) is 39.4 Å². The summed E-state index contributed by atoms with van der Waals surface area (Å²) >= 11 is 0. The third-order valence-electron chi connectivity index (χ3n) is 5.22. The molecule has 0 aliphatic carbocycles. The van der Waals surface area contributed by atoms with E-state index >= 15 is 0 Å². The predicted molar refractivity (Wildman–Crippen MR) is 101 cm³/mol. The summed E-state index contributed by atoms with van der Waals surface area (Å²) < 4.78 is 13.6. The van der Waals surface area contributed by atoms with Crippen LogP contribution >= 0.6 is 0 Å². The highest BCUT2D eigenvalue weighted by molar-refractivity contribution is 5.90. The van der Waals surface area contributed by atoms with E-state index in [0.717, 1.165) is 26.2 Å². The number of piperazine rings is 1. The van der Waals surface area contributed by atoms with Crippen molar-refractivity contribution in [3.8, 4) is 0 Å². The first kappa shape index (κ1) is 16.8. The maximum atomic E-state index is 13.6. The molecule has 4 rings (SSSR count). The number of nitrogens with zero attached hydrogens (tertiary/aromatic N) is 3. The van der Waals surface area contributed by atoms with Crippen LogP contribution in [0.4, 0.5) is 20.6 Å². The minimum atomic E-state index is -0.407. The molecule has 1 N–H and O–H groups in total. The molecule has 0 unspecified atom stereocenters. The van der Waals surface area contributed by atoms with E-state index in [-0.39, 0.29) is 11.7 Å². The minimum absolute atomic E-state index is 0.228. The lowest BCUT2D eigenvalue weighted by molar-refractivity contribution is 0.0578. The number of likely N-dealkylation sites (tertiary alicyclic amines) is 1. The quantitative estimate of drug-likeness (QED) is 0.921. The Morgan fingerprint density at radius 2 is 1.58 bits per heavy atom. The van der Waals surface area contributed by atoms with Crippen LogP contribution in [-0.2, 0) is 0 Å². The highest BCUT2D eigenvalue weighted by Gasteiger charge is 2.36. The fourth-order valence-corrected chi connectivity index (χ4v) is 3.59. The molecule has 2 aromatic rings. The number of carbonyl (C=O) groups is 1. The third-order valence-corrected chi connectivity index (χ3v) is 5.22. The average molecular weight is 354 g/mol. The molecule has 0 radical (unpaired) electrons. The molecular formula is C20H23FN4O. The summed E-state index contributed by atoms with van der Waals surface area (Å²) in [5.74, 6) is -0.407. The molecule has 6 heteroatoms. The molecule has 0 bridgehead atoms. The van der Waals surface area contributed by atoms with Crippen molar-refractivity contribution in [1.82, 2.24) is 9.80 Å². The molecule has 0 atom stereocenters. The number of rotatable bonds is 3. The largest absolute Gasteiger partial charge is 0.369 e. The molecule has 136 valence electrons. The van der Waals surface area contributed by atoms with Gasteiger partial charge in [0.1, 0.15) is 5.82 Å². The summed E-state index contributed by atoms with van der Waals surface area (Å²) in [6.45, 7) is 5.41. The lowest BCUT2D eigenvalue weighted by Crippen LogP contribution is -2.64. The number of anilines is 2. The van der Waals surface area contributed by atoms with Gasteiger partial charge in [-0.1, -0.05) is 30.3 Å². The highest BCUT2D eigenvalue weighted by Crippen LogP contribution is 2.22. The van der Waals surface area contributed by atoms with Crippen LogP contribution in [0.3, 0.4) is 0 Å². The van der Waals surface area contributed by atoms with Crippen LogP contribution < -0.4 is 10.2 Å². The van der Waals surface area contributed by atoms with Crippen LogP contribution in [0.5, 0.6) is 0 Å². The summed E-state index contributed by atoms with van der Waals surface area (Å²) in [5, 5.41) is 2.65. The Morgan fingerprint density at radius 3 is 2.27 bits per heavy atom. The normalized spacial score (nSPS) is 18.5. The van der Waals surface area contributed by atoms with Gasteiger partial charge in [0.25, 0.3) is 0 Å². The maximum absolute atomic E-state index is 13.6. The van der Waals surface area contributed by atoms with Crippen LogP contribution in [0.2, 0.25) is 0 Å². The molecule has 0 spiro atoms. The van der Waals surface area contributed by atoms with E-state index in [9.17, 15) is 9.18 Å². The fourth-order valence-electron chi connectivity index (χ4n) is 3.59. The molecule has 26 heavy (non-hydrogen) atoms. The lowest BCUT2D eigenvalue weighted by atomic mass is 10.1. The second kappa shape index (κ2) is 7.33. The molecule has 2 aliphatic rings. The number of amides is 2. The maximum Gasteiger partial charge on any atom is 0.322 e. The van der Waals surface area contributed by atoms with Gasteiger partial charge in [-0.3, -0.25) is 4.90 Å². The van der Waals surface area contributed by atoms with Crippen LogP contribution in [0.15, 0.2) is 54.6 Å². The number of hydrogen-bond acceptors (Lipinski definition) is 3. The number of benzene rings is 2. The first-order valence-corrected chi connectivity index (χ1v) is 9.05. The zero-order chi connectivity index (χ0) is 17.9. The number of carbonyl (C=O) groups excluding carboxylic acids is 1. The number of halogens is 1. The van der Waals surface area contributed by atoms with Crippen molar-refractivity contribution in [2.24, 2.45) is 0 Å². The fraction of sp³-hybridized carbons (Fsp3) is 0.350. The Bertz CT molecular complexity index is 755. The zero-order valence-corrected chi connectivity index (χ0v) is 14.6. The van der Waals surface area contributed by atoms with Crippen LogP contribution in [0.25, 0.3) is 0 Å². The topological polar surface area (TPSA) is 38.8 Å². The van der Waals surface area contributed by atoms with Crippen molar-refractivity contribution in [3.05, 3.63) is 60.4 Å². The summed E-state index contributed by atoms with van der Waals surface area (Å²) in [7, 11) is 0. The van der Waals surface area contributed by atoms with Gasteiger partial charge in [-0.05, 0) is 24.3 Å². The van der Waals surface area contributed by atoms with E-state index in [1.54, 1.807) is 23.1 Å². The van der Waals surface area contributed by atoms with E-state index in [1.165, 1.54) is 11.8 Å². The summed E-state index contributed by atoms with van der Waals surface area (Å²) in [4.78, 5) is 18.8. The van der Waals surface area contributed by atoms with Gasteiger partial charge >= 0.3 is 6.03 Å². The van der Waals surface area contributed by atoms with Crippen molar-refractivity contribution in [2.45, 2.75) is 6.04 Å². The summed E-state index contributed by atoms with van der Waals surface area (Å²) in [6, 6.07) is 16.9.